The molecule has 2 aromatic rings. The summed E-state index contributed by atoms with van der Waals surface area (Å²) in [5.74, 6) is 0. The monoisotopic (exact) mass is 292 g/mol. The number of thiophene rings is 1. The first-order valence-electron chi connectivity index (χ1n) is 6.17. The van der Waals surface area contributed by atoms with Crippen molar-refractivity contribution in [2.45, 2.75) is 6.10 Å². The second-order valence-corrected chi connectivity index (χ2v) is 5.18. The average Bonchev–Trinajstić information content (AvgIpc) is 2.99. The summed E-state index contributed by atoms with van der Waals surface area (Å²) in [6.07, 6.45) is -0.946. The molecule has 2 amide bonds. The summed E-state index contributed by atoms with van der Waals surface area (Å²) in [4.78, 5) is 12.7. The van der Waals surface area contributed by atoms with Gasteiger partial charge in [-0.2, -0.15) is 0 Å². The minimum absolute atomic E-state index is 0.00689. The molecule has 0 spiro atoms. The van der Waals surface area contributed by atoms with Gasteiger partial charge in [0, 0.05) is 17.1 Å². The first kappa shape index (κ1) is 14.5. The van der Waals surface area contributed by atoms with Crippen LogP contribution in [0, 0.1) is 0 Å². The number of urea groups is 1. The Labute approximate surface area is 120 Å². The van der Waals surface area contributed by atoms with Crippen LogP contribution in [0.1, 0.15) is 0 Å². The number of nitrogens with one attached hydrogen (secondary N) is 2. The molecule has 0 bridgehead atoms. The zero-order valence-corrected chi connectivity index (χ0v) is 11.6. The van der Waals surface area contributed by atoms with E-state index in [-0.39, 0.29) is 13.2 Å². The van der Waals surface area contributed by atoms with Gasteiger partial charge in [0.1, 0.15) is 0 Å². The van der Waals surface area contributed by atoms with Gasteiger partial charge in [0.05, 0.1) is 12.7 Å². The van der Waals surface area contributed by atoms with Crippen molar-refractivity contribution in [2.75, 3.05) is 18.5 Å². The number of aliphatic hydroxyl groups excluding tert-OH is 2. The number of carbonyl (C=O) groups excluding carboxylic acids is 1. The standard InChI is InChI=1S/C14H16N2O3S/c17-9-12(18)8-15-14(19)16-11-4-1-3-10(7-11)13-5-2-6-20-13/h1-7,12,17-18H,8-9H2,(H2,15,16,19)/t12-/m1/s1. The molecule has 106 valence electrons. The van der Waals surface area contributed by atoms with Gasteiger partial charge in [-0.3, -0.25) is 0 Å². The summed E-state index contributed by atoms with van der Waals surface area (Å²) in [5.41, 5.74) is 1.71. The number of carbonyl (C=O) groups is 1. The van der Waals surface area contributed by atoms with Gasteiger partial charge < -0.3 is 20.8 Å². The van der Waals surface area contributed by atoms with E-state index < -0.39 is 12.1 Å². The van der Waals surface area contributed by atoms with Crippen LogP contribution >= 0.6 is 11.3 Å². The summed E-state index contributed by atoms with van der Waals surface area (Å²) in [6.45, 7) is -0.374. The van der Waals surface area contributed by atoms with Crippen LogP contribution < -0.4 is 10.6 Å². The lowest BCUT2D eigenvalue weighted by atomic mass is 10.1. The lowest BCUT2D eigenvalue weighted by Gasteiger charge is -2.10. The molecule has 6 heteroatoms. The van der Waals surface area contributed by atoms with Crippen molar-refractivity contribution in [3.05, 3.63) is 41.8 Å². The van der Waals surface area contributed by atoms with E-state index in [9.17, 15) is 4.79 Å². The van der Waals surface area contributed by atoms with Gasteiger partial charge in [-0.15, -0.1) is 11.3 Å². The molecule has 1 heterocycles. The van der Waals surface area contributed by atoms with Gasteiger partial charge >= 0.3 is 6.03 Å². The fourth-order valence-electron chi connectivity index (χ4n) is 1.64. The average molecular weight is 292 g/mol. The van der Waals surface area contributed by atoms with Crippen LogP contribution in [0.4, 0.5) is 10.5 Å². The molecule has 0 unspecified atom stereocenters. The first-order chi connectivity index (χ1) is 9.69. The number of benzene rings is 1. The molecule has 0 saturated heterocycles. The Morgan fingerprint density at radius 1 is 1.30 bits per heavy atom. The minimum Gasteiger partial charge on any atom is -0.394 e. The Bertz CT molecular complexity index is 557. The predicted octanol–water partition coefficient (Wildman–Crippen LogP) is 1.89. The minimum atomic E-state index is -0.946. The van der Waals surface area contributed by atoms with Crippen molar-refractivity contribution in [3.8, 4) is 10.4 Å². The van der Waals surface area contributed by atoms with Crippen molar-refractivity contribution in [1.29, 1.82) is 0 Å². The Morgan fingerprint density at radius 3 is 2.85 bits per heavy atom. The van der Waals surface area contributed by atoms with Gasteiger partial charge in [0.25, 0.3) is 0 Å². The molecule has 0 aliphatic rings. The Morgan fingerprint density at radius 2 is 2.15 bits per heavy atom. The van der Waals surface area contributed by atoms with Crippen LogP contribution in [0.3, 0.4) is 0 Å². The molecule has 1 atom stereocenters. The summed E-state index contributed by atoms with van der Waals surface area (Å²) < 4.78 is 0. The van der Waals surface area contributed by atoms with E-state index in [0.29, 0.717) is 5.69 Å². The van der Waals surface area contributed by atoms with Crippen molar-refractivity contribution in [3.63, 3.8) is 0 Å². The zero-order chi connectivity index (χ0) is 14.4. The van der Waals surface area contributed by atoms with E-state index in [1.807, 2.05) is 35.7 Å². The number of hydrogen-bond donors (Lipinski definition) is 4. The van der Waals surface area contributed by atoms with E-state index in [2.05, 4.69) is 10.6 Å². The molecule has 1 aromatic carbocycles. The first-order valence-corrected chi connectivity index (χ1v) is 7.04. The van der Waals surface area contributed by atoms with E-state index in [1.54, 1.807) is 17.4 Å². The van der Waals surface area contributed by atoms with Crippen molar-refractivity contribution in [2.24, 2.45) is 0 Å². The van der Waals surface area contributed by atoms with Gasteiger partial charge in [0.2, 0.25) is 0 Å². The maximum atomic E-state index is 11.6. The van der Waals surface area contributed by atoms with Crippen molar-refractivity contribution in [1.82, 2.24) is 5.32 Å². The number of anilines is 1. The van der Waals surface area contributed by atoms with Gasteiger partial charge in [-0.25, -0.2) is 4.79 Å². The highest BCUT2D eigenvalue weighted by molar-refractivity contribution is 7.13. The third-order valence-electron chi connectivity index (χ3n) is 2.64. The van der Waals surface area contributed by atoms with Crippen molar-refractivity contribution < 1.29 is 15.0 Å². The lowest BCUT2D eigenvalue weighted by molar-refractivity contribution is 0.0965. The molecule has 0 aliphatic carbocycles. The molecular formula is C14H16N2O3S. The zero-order valence-electron chi connectivity index (χ0n) is 10.7. The quantitative estimate of drug-likeness (QED) is 0.679. The second-order valence-electron chi connectivity index (χ2n) is 4.23. The van der Waals surface area contributed by atoms with Gasteiger partial charge in [-0.1, -0.05) is 18.2 Å². The normalized spacial score (nSPS) is 11.9. The van der Waals surface area contributed by atoms with Crippen LogP contribution in [-0.2, 0) is 0 Å². The van der Waals surface area contributed by atoms with Crippen LogP contribution in [0.15, 0.2) is 41.8 Å². The molecule has 0 aliphatic heterocycles. The smallest absolute Gasteiger partial charge is 0.319 e. The molecule has 0 radical (unpaired) electrons. The number of hydrogen-bond acceptors (Lipinski definition) is 4. The highest BCUT2D eigenvalue weighted by Gasteiger charge is 2.06. The predicted molar refractivity (Wildman–Crippen MR) is 79.9 cm³/mol. The molecule has 4 N–H and O–H groups in total. The third kappa shape index (κ3) is 4.06. The largest absolute Gasteiger partial charge is 0.394 e. The van der Waals surface area contributed by atoms with E-state index in [0.717, 1.165) is 10.4 Å². The maximum Gasteiger partial charge on any atom is 0.319 e. The molecule has 2 rings (SSSR count). The number of aliphatic hydroxyl groups is 2. The topological polar surface area (TPSA) is 81.6 Å². The molecular weight excluding hydrogens is 276 g/mol. The second kappa shape index (κ2) is 7.04. The SMILES string of the molecule is O=C(NC[C@@H](O)CO)Nc1cccc(-c2cccs2)c1. The fourth-order valence-corrected chi connectivity index (χ4v) is 2.37. The third-order valence-corrected chi connectivity index (χ3v) is 3.55. The Balaban J connectivity index is 1.96. The van der Waals surface area contributed by atoms with E-state index in [4.69, 9.17) is 10.2 Å². The summed E-state index contributed by atoms with van der Waals surface area (Å²) in [7, 11) is 0. The summed E-state index contributed by atoms with van der Waals surface area (Å²) in [5, 5.41) is 25.0. The summed E-state index contributed by atoms with van der Waals surface area (Å²) in [6, 6.07) is 11.1. The van der Waals surface area contributed by atoms with Crippen LogP contribution in [0.25, 0.3) is 10.4 Å². The molecule has 20 heavy (non-hydrogen) atoms. The highest BCUT2D eigenvalue weighted by Crippen LogP contribution is 2.26. The van der Waals surface area contributed by atoms with Crippen LogP contribution in [0.2, 0.25) is 0 Å². The van der Waals surface area contributed by atoms with Crippen molar-refractivity contribution >= 4 is 23.1 Å². The summed E-state index contributed by atoms with van der Waals surface area (Å²) >= 11 is 1.63. The van der Waals surface area contributed by atoms with E-state index >= 15 is 0 Å². The van der Waals surface area contributed by atoms with Crippen LogP contribution in [-0.4, -0.2) is 35.5 Å². The number of rotatable bonds is 5. The Kier molecular flexibility index (Phi) is 5.11. The van der Waals surface area contributed by atoms with Gasteiger partial charge in [-0.05, 0) is 29.1 Å². The highest BCUT2D eigenvalue weighted by atomic mass is 32.1. The lowest BCUT2D eigenvalue weighted by Crippen LogP contribution is -2.36. The maximum absolute atomic E-state index is 11.6. The molecule has 0 saturated carbocycles. The molecule has 0 fully saturated rings. The molecule has 1 aromatic heterocycles. The Hall–Kier alpha value is -1.89. The van der Waals surface area contributed by atoms with Crippen LogP contribution in [0.5, 0.6) is 0 Å². The fraction of sp³-hybridized carbons (Fsp3) is 0.214. The van der Waals surface area contributed by atoms with E-state index in [1.165, 1.54) is 0 Å². The molecule has 5 nitrogen and oxygen atoms in total. The number of amides is 2. The van der Waals surface area contributed by atoms with Gasteiger partial charge in [0.15, 0.2) is 0 Å².